The molecule has 3 aromatic rings. The third-order valence-electron chi connectivity index (χ3n) is 3.35. The molecule has 0 aliphatic rings. The second-order valence-electron chi connectivity index (χ2n) is 4.64. The summed E-state index contributed by atoms with van der Waals surface area (Å²) >= 11 is 9.57. The molecule has 1 heterocycles. The number of benzene rings is 2. The third-order valence-corrected chi connectivity index (χ3v) is 4.20. The van der Waals surface area contributed by atoms with E-state index in [1.54, 1.807) is 12.1 Å². The highest BCUT2D eigenvalue weighted by molar-refractivity contribution is 9.10. The maximum atomic E-state index is 11.1. The number of nitrogens with zero attached hydrogens (tertiary/aromatic N) is 2. The molecular weight excluding hydrogens is 356 g/mol. The van der Waals surface area contributed by atoms with Crippen LogP contribution in [0.1, 0.15) is 5.56 Å². The van der Waals surface area contributed by atoms with Crippen molar-refractivity contribution >= 4 is 44.1 Å². The summed E-state index contributed by atoms with van der Waals surface area (Å²) < 4.78 is 2.95. The molecule has 6 heteroatoms. The van der Waals surface area contributed by atoms with E-state index >= 15 is 0 Å². The summed E-state index contributed by atoms with van der Waals surface area (Å²) in [6, 6.07) is 12.6. The van der Waals surface area contributed by atoms with Crippen LogP contribution in [0.2, 0.25) is 5.02 Å². The highest BCUT2D eigenvalue weighted by Gasteiger charge is 2.17. The highest BCUT2D eigenvalue weighted by Crippen LogP contribution is 2.29. The summed E-state index contributed by atoms with van der Waals surface area (Å²) in [6.45, 7) is 0.362. The molecule has 0 aliphatic heterocycles. The van der Waals surface area contributed by atoms with Gasteiger partial charge in [0.05, 0.1) is 22.1 Å². The van der Waals surface area contributed by atoms with Crippen molar-refractivity contribution in [3.8, 4) is 0 Å². The van der Waals surface area contributed by atoms with E-state index in [0.29, 0.717) is 17.1 Å². The fourth-order valence-electron chi connectivity index (χ4n) is 2.35. The second-order valence-corrected chi connectivity index (χ2v) is 5.96. The first-order chi connectivity index (χ1) is 10.1. The fraction of sp³-hybridized carbons (Fsp3) is 0.0667. The molecule has 3 rings (SSSR count). The van der Waals surface area contributed by atoms with Crippen molar-refractivity contribution in [3.63, 3.8) is 0 Å². The van der Waals surface area contributed by atoms with Crippen LogP contribution in [0, 0.1) is 10.1 Å². The standard InChI is InChI=1S/C15H10BrClN2O2/c16-11-4-5-14-10(8-11)6-7-18(14)9-12-13(17)2-1-3-15(12)19(20)21/h1-8H,9H2. The quantitative estimate of drug-likeness (QED) is 0.483. The van der Waals surface area contributed by atoms with E-state index in [9.17, 15) is 10.1 Å². The number of aromatic nitrogens is 1. The summed E-state index contributed by atoms with van der Waals surface area (Å²) in [6.07, 6.45) is 1.91. The largest absolute Gasteiger partial charge is 0.343 e. The first-order valence-electron chi connectivity index (χ1n) is 6.22. The van der Waals surface area contributed by atoms with Crippen molar-refractivity contribution in [1.29, 1.82) is 0 Å². The Kier molecular flexibility index (Phi) is 3.69. The minimum Gasteiger partial charge on any atom is -0.343 e. The van der Waals surface area contributed by atoms with E-state index in [1.165, 1.54) is 6.07 Å². The van der Waals surface area contributed by atoms with Gasteiger partial charge in [0, 0.05) is 27.6 Å². The summed E-state index contributed by atoms with van der Waals surface area (Å²) in [7, 11) is 0. The van der Waals surface area contributed by atoms with Crippen molar-refractivity contribution in [2.75, 3.05) is 0 Å². The van der Waals surface area contributed by atoms with Crippen LogP contribution in [0.25, 0.3) is 10.9 Å². The van der Waals surface area contributed by atoms with Gasteiger partial charge in [-0.15, -0.1) is 0 Å². The lowest BCUT2D eigenvalue weighted by Gasteiger charge is -2.08. The lowest BCUT2D eigenvalue weighted by Crippen LogP contribution is -2.03. The van der Waals surface area contributed by atoms with Gasteiger partial charge < -0.3 is 4.57 Å². The smallest absolute Gasteiger partial charge is 0.275 e. The monoisotopic (exact) mass is 364 g/mol. The van der Waals surface area contributed by atoms with Crippen molar-refractivity contribution in [2.24, 2.45) is 0 Å². The number of halogens is 2. The van der Waals surface area contributed by atoms with Gasteiger partial charge in [-0.05, 0) is 30.3 Å². The third kappa shape index (κ3) is 2.66. The predicted molar refractivity (Wildman–Crippen MR) is 86.8 cm³/mol. The molecule has 2 aromatic carbocycles. The molecule has 0 amide bonds. The molecule has 106 valence electrons. The maximum absolute atomic E-state index is 11.1. The summed E-state index contributed by atoms with van der Waals surface area (Å²) in [5.74, 6) is 0. The van der Waals surface area contributed by atoms with E-state index in [1.807, 2.05) is 35.0 Å². The van der Waals surface area contributed by atoms with Crippen LogP contribution in [0.4, 0.5) is 5.69 Å². The van der Waals surface area contributed by atoms with Crippen LogP contribution in [0.5, 0.6) is 0 Å². The number of hydrogen-bond donors (Lipinski definition) is 0. The Bertz CT molecular complexity index is 845. The molecule has 1 aromatic heterocycles. The van der Waals surface area contributed by atoms with Crippen molar-refractivity contribution < 1.29 is 4.92 Å². The fourth-order valence-corrected chi connectivity index (χ4v) is 2.96. The summed E-state index contributed by atoms with van der Waals surface area (Å²) in [5, 5.41) is 12.6. The van der Waals surface area contributed by atoms with Gasteiger partial charge in [-0.3, -0.25) is 10.1 Å². The van der Waals surface area contributed by atoms with Gasteiger partial charge in [-0.25, -0.2) is 0 Å². The number of rotatable bonds is 3. The number of hydrogen-bond acceptors (Lipinski definition) is 2. The molecule has 0 unspecified atom stereocenters. The van der Waals surface area contributed by atoms with Gasteiger partial charge in [0.15, 0.2) is 0 Å². The zero-order valence-corrected chi connectivity index (χ0v) is 13.1. The van der Waals surface area contributed by atoms with Gasteiger partial charge in [-0.2, -0.15) is 0 Å². The Hall–Kier alpha value is -1.85. The van der Waals surface area contributed by atoms with E-state index < -0.39 is 4.92 Å². The number of fused-ring (bicyclic) bond motifs is 1. The molecule has 0 aliphatic carbocycles. The minimum atomic E-state index is -0.399. The zero-order valence-electron chi connectivity index (χ0n) is 10.8. The first kappa shape index (κ1) is 14.1. The van der Waals surface area contributed by atoms with E-state index in [0.717, 1.165) is 15.4 Å². The molecule has 0 saturated heterocycles. The SMILES string of the molecule is O=[N+]([O-])c1cccc(Cl)c1Cn1ccc2cc(Br)ccc21. The maximum Gasteiger partial charge on any atom is 0.275 e. The van der Waals surface area contributed by atoms with Gasteiger partial charge in [0.25, 0.3) is 5.69 Å². The Balaban J connectivity index is 2.09. The second kappa shape index (κ2) is 5.50. The van der Waals surface area contributed by atoms with Gasteiger partial charge in [0.1, 0.15) is 0 Å². The Morgan fingerprint density at radius 3 is 2.81 bits per heavy atom. The van der Waals surface area contributed by atoms with E-state index in [4.69, 9.17) is 11.6 Å². The average molecular weight is 366 g/mol. The van der Waals surface area contributed by atoms with Gasteiger partial charge in [0.2, 0.25) is 0 Å². The Labute approximate surface area is 134 Å². The van der Waals surface area contributed by atoms with Crippen LogP contribution in [-0.4, -0.2) is 9.49 Å². The van der Waals surface area contributed by atoms with Crippen LogP contribution in [-0.2, 0) is 6.54 Å². The summed E-state index contributed by atoms with van der Waals surface area (Å²) in [4.78, 5) is 10.7. The average Bonchev–Trinajstić information content (AvgIpc) is 2.83. The van der Waals surface area contributed by atoms with E-state index in [2.05, 4.69) is 15.9 Å². The predicted octanol–water partition coefficient (Wildman–Crippen LogP) is 5.01. The highest BCUT2D eigenvalue weighted by atomic mass is 79.9. The Morgan fingerprint density at radius 2 is 2.05 bits per heavy atom. The van der Waals surface area contributed by atoms with Crippen LogP contribution in [0.15, 0.2) is 53.1 Å². The molecule has 0 spiro atoms. The normalized spacial score (nSPS) is 11.0. The molecule has 0 atom stereocenters. The van der Waals surface area contributed by atoms with Gasteiger partial charge >= 0.3 is 0 Å². The first-order valence-corrected chi connectivity index (χ1v) is 7.39. The zero-order chi connectivity index (χ0) is 15.0. The molecule has 21 heavy (non-hydrogen) atoms. The molecule has 0 fully saturated rings. The number of nitro groups is 1. The lowest BCUT2D eigenvalue weighted by atomic mass is 10.1. The van der Waals surface area contributed by atoms with Crippen LogP contribution >= 0.6 is 27.5 Å². The van der Waals surface area contributed by atoms with E-state index in [-0.39, 0.29) is 5.69 Å². The molecule has 0 N–H and O–H groups in total. The molecule has 0 saturated carbocycles. The molecule has 4 nitrogen and oxygen atoms in total. The lowest BCUT2D eigenvalue weighted by molar-refractivity contribution is -0.385. The van der Waals surface area contributed by atoms with Crippen molar-refractivity contribution in [2.45, 2.75) is 6.54 Å². The minimum absolute atomic E-state index is 0.0430. The number of nitro benzene ring substituents is 1. The van der Waals surface area contributed by atoms with Crippen LogP contribution < -0.4 is 0 Å². The van der Waals surface area contributed by atoms with Crippen molar-refractivity contribution in [1.82, 2.24) is 4.57 Å². The molecule has 0 bridgehead atoms. The summed E-state index contributed by atoms with van der Waals surface area (Å²) in [5.41, 5.74) is 1.57. The Morgan fingerprint density at radius 1 is 1.24 bits per heavy atom. The molecule has 0 radical (unpaired) electrons. The van der Waals surface area contributed by atoms with Crippen LogP contribution in [0.3, 0.4) is 0 Å². The topological polar surface area (TPSA) is 48.1 Å². The molecular formula is C15H10BrClN2O2. The van der Waals surface area contributed by atoms with Gasteiger partial charge in [-0.1, -0.05) is 33.6 Å². The van der Waals surface area contributed by atoms with Crippen molar-refractivity contribution in [3.05, 3.63) is 73.8 Å².